The van der Waals surface area contributed by atoms with Crippen LogP contribution in [0.25, 0.3) is 21.8 Å². The smallest absolute Gasteiger partial charge is 0.191 e. The Kier molecular flexibility index (Phi) is 5.17. The van der Waals surface area contributed by atoms with E-state index in [0.717, 1.165) is 26.3 Å². The number of aliphatic hydroxyl groups is 1. The fourth-order valence-electron chi connectivity index (χ4n) is 3.81. The number of benzene rings is 2. The van der Waals surface area contributed by atoms with Crippen molar-refractivity contribution in [2.24, 2.45) is 0 Å². The molecule has 28 heavy (non-hydrogen) atoms. The van der Waals surface area contributed by atoms with Gasteiger partial charge in [-0.25, -0.2) is 4.39 Å². The Labute approximate surface area is 171 Å². The largest absolute Gasteiger partial charge is 0.482 e. The molecule has 0 radical (unpaired) electrons. The van der Waals surface area contributed by atoms with E-state index in [9.17, 15) is 5.11 Å². The molecule has 6 heteroatoms. The number of aromatic nitrogens is 1. The highest BCUT2D eigenvalue weighted by Crippen LogP contribution is 2.32. The third kappa shape index (κ3) is 3.42. The molecular formula is C22H22BrFN2O2. The second-order valence-corrected chi connectivity index (χ2v) is 7.97. The molecule has 0 fully saturated rings. The summed E-state index contributed by atoms with van der Waals surface area (Å²) in [5, 5.41) is 12.4. The number of fused-ring (bicyclic) bond motifs is 3. The van der Waals surface area contributed by atoms with Gasteiger partial charge in [-0.05, 0) is 49.4 Å². The van der Waals surface area contributed by atoms with Crippen LogP contribution in [0.15, 0.2) is 65.0 Å². The van der Waals surface area contributed by atoms with Gasteiger partial charge in [-0.3, -0.25) is 0 Å². The number of halogens is 2. The standard InChI is InChI=1S/C22H22BrFN2O2/c1-14-6-8-19-17(10-14)18-11-15(23)7-9-20(18)25(19)12-16(24)13-26-21(27)4-3-5-22(26)28-2/h3-11,16,21,27H,12-13H2,1-2H3. The lowest BCUT2D eigenvalue weighted by molar-refractivity contribution is 0.000837. The van der Waals surface area contributed by atoms with Crippen LogP contribution in [0.1, 0.15) is 5.56 Å². The third-order valence-electron chi connectivity index (χ3n) is 5.09. The van der Waals surface area contributed by atoms with Gasteiger partial charge < -0.3 is 19.3 Å². The summed E-state index contributed by atoms with van der Waals surface area (Å²) in [6, 6.07) is 12.3. The minimum atomic E-state index is -1.19. The van der Waals surface area contributed by atoms with Crippen molar-refractivity contribution in [1.82, 2.24) is 9.47 Å². The zero-order chi connectivity index (χ0) is 19.8. The number of methoxy groups -OCH3 is 1. The monoisotopic (exact) mass is 444 g/mol. The number of allylic oxidation sites excluding steroid dienone is 2. The van der Waals surface area contributed by atoms with Crippen molar-refractivity contribution in [3.8, 4) is 0 Å². The van der Waals surface area contributed by atoms with Gasteiger partial charge in [0.2, 0.25) is 0 Å². The molecular weight excluding hydrogens is 423 g/mol. The van der Waals surface area contributed by atoms with Crippen LogP contribution in [0.4, 0.5) is 4.39 Å². The predicted molar refractivity (Wildman–Crippen MR) is 114 cm³/mol. The van der Waals surface area contributed by atoms with E-state index in [1.54, 1.807) is 18.2 Å². The molecule has 0 saturated heterocycles. The fraction of sp³-hybridized carbons (Fsp3) is 0.273. The van der Waals surface area contributed by atoms with E-state index in [-0.39, 0.29) is 13.1 Å². The van der Waals surface area contributed by atoms with Crippen molar-refractivity contribution in [2.45, 2.75) is 25.9 Å². The maximum absolute atomic E-state index is 15.2. The molecule has 1 N–H and O–H groups in total. The van der Waals surface area contributed by atoms with Crippen LogP contribution in [0, 0.1) is 6.92 Å². The molecule has 0 saturated carbocycles. The number of nitrogens with zero attached hydrogens (tertiary/aromatic N) is 2. The van der Waals surface area contributed by atoms with Gasteiger partial charge in [0.25, 0.3) is 0 Å². The van der Waals surface area contributed by atoms with E-state index in [4.69, 9.17) is 4.74 Å². The lowest BCUT2D eigenvalue weighted by Crippen LogP contribution is -2.40. The molecule has 0 aliphatic carbocycles. The highest BCUT2D eigenvalue weighted by Gasteiger charge is 2.24. The summed E-state index contributed by atoms with van der Waals surface area (Å²) in [6.07, 6.45) is 2.95. The summed E-state index contributed by atoms with van der Waals surface area (Å²) in [7, 11) is 1.52. The van der Waals surface area contributed by atoms with Crippen molar-refractivity contribution in [3.63, 3.8) is 0 Å². The van der Waals surface area contributed by atoms with Crippen LogP contribution in [-0.2, 0) is 11.3 Å². The maximum Gasteiger partial charge on any atom is 0.191 e. The highest BCUT2D eigenvalue weighted by molar-refractivity contribution is 9.10. The van der Waals surface area contributed by atoms with Crippen molar-refractivity contribution >= 4 is 37.7 Å². The van der Waals surface area contributed by atoms with E-state index in [1.807, 2.05) is 28.8 Å². The lowest BCUT2D eigenvalue weighted by atomic mass is 10.1. The van der Waals surface area contributed by atoms with E-state index in [0.29, 0.717) is 5.88 Å². The zero-order valence-electron chi connectivity index (χ0n) is 15.8. The highest BCUT2D eigenvalue weighted by atomic mass is 79.9. The summed E-state index contributed by atoms with van der Waals surface area (Å²) in [5.41, 5.74) is 3.16. The van der Waals surface area contributed by atoms with Crippen molar-refractivity contribution in [3.05, 3.63) is 70.5 Å². The predicted octanol–water partition coefficient (Wildman–Crippen LogP) is 4.88. The van der Waals surface area contributed by atoms with Gasteiger partial charge in [0, 0.05) is 26.3 Å². The molecule has 146 valence electrons. The molecule has 1 aliphatic heterocycles. The molecule has 0 spiro atoms. The van der Waals surface area contributed by atoms with E-state index < -0.39 is 12.4 Å². The first kappa shape index (κ1) is 19.0. The van der Waals surface area contributed by atoms with Gasteiger partial charge in [0.1, 0.15) is 12.4 Å². The van der Waals surface area contributed by atoms with Gasteiger partial charge in [-0.1, -0.05) is 33.6 Å². The molecule has 3 aromatic rings. The Hall–Kier alpha value is -2.31. The molecule has 2 aromatic carbocycles. The number of aliphatic hydroxyl groups excluding tert-OH is 1. The van der Waals surface area contributed by atoms with E-state index >= 15 is 4.39 Å². The minimum absolute atomic E-state index is 0.0364. The molecule has 1 aromatic heterocycles. The van der Waals surface area contributed by atoms with E-state index in [2.05, 4.69) is 35.0 Å². The second kappa shape index (κ2) is 7.60. The number of hydrogen-bond acceptors (Lipinski definition) is 3. The maximum atomic E-state index is 15.2. The quantitative estimate of drug-likeness (QED) is 0.609. The van der Waals surface area contributed by atoms with E-state index in [1.165, 1.54) is 17.6 Å². The SMILES string of the molecule is COC1=CC=CC(O)N1CC(F)Cn1c2ccc(C)cc2c2cc(Br)ccc21. The lowest BCUT2D eigenvalue weighted by Gasteiger charge is -2.32. The van der Waals surface area contributed by atoms with Crippen LogP contribution >= 0.6 is 15.9 Å². The summed E-state index contributed by atoms with van der Waals surface area (Å²) < 4.78 is 23.4. The Morgan fingerprint density at radius 3 is 2.61 bits per heavy atom. The third-order valence-corrected chi connectivity index (χ3v) is 5.58. The topological polar surface area (TPSA) is 37.6 Å². The number of ether oxygens (including phenoxy) is 1. The van der Waals surface area contributed by atoms with Gasteiger partial charge in [-0.2, -0.15) is 0 Å². The van der Waals surface area contributed by atoms with Gasteiger partial charge in [0.05, 0.1) is 20.2 Å². The summed E-state index contributed by atoms with van der Waals surface area (Å²) in [5.74, 6) is 0.458. The molecule has 2 unspecified atom stereocenters. The molecule has 2 atom stereocenters. The van der Waals surface area contributed by atoms with Crippen molar-refractivity contribution in [1.29, 1.82) is 0 Å². The number of aryl methyl sites for hydroxylation is 1. The van der Waals surface area contributed by atoms with Crippen molar-refractivity contribution < 1.29 is 14.2 Å². The van der Waals surface area contributed by atoms with Gasteiger partial charge in [-0.15, -0.1) is 0 Å². The van der Waals surface area contributed by atoms with Crippen LogP contribution in [0.5, 0.6) is 0 Å². The Morgan fingerprint density at radius 1 is 1.14 bits per heavy atom. The van der Waals surface area contributed by atoms with Crippen LogP contribution in [0.3, 0.4) is 0 Å². The summed E-state index contributed by atoms with van der Waals surface area (Å²) >= 11 is 3.54. The Morgan fingerprint density at radius 2 is 1.86 bits per heavy atom. The van der Waals surface area contributed by atoms with Gasteiger partial charge >= 0.3 is 0 Å². The Bertz CT molecular complexity index is 1030. The zero-order valence-corrected chi connectivity index (χ0v) is 17.4. The molecule has 0 bridgehead atoms. The first-order valence-electron chi connectivity index (χ1n) is 9.17. The van der Waals surface area contributed by atoms with Crippen LogP contribution < -0.4 is 0 Å². The average molecular weight is 445 g/mol. The number of hydrogen-bond donors (Lipinski definition) is 1. The van der Waals surface area contributed by atoms with Crippen LogP contribution in [-0.4, -0.2) is 40.6 Å². The molecule has 4 rings (SSSR count). The molecule has 2 heterocycles. The second-order valence-electron chi connectivity index (χ2n) is 7.05. The van der Waals surface area contributed by atoms with Crippen molar-refractivity contribution in [2.75, 3.05) is 13.7 Å². The van der Waals surface area contributed by atoms with Crippen LogP contribution in [0.2, 0.25) is 0 Å². The molecule has 1 aliphatic rings. The first-order valence-corrected chi connectivity index (χ1v) is 9.96. The fourth-order valence-corrected chi connectivity index (χ4v) is 4.17. The molecule has 0 amide bonds. The Balaban J connectivity index is 1.69. The minimum Gasteiger partial charge on any atom is -0.482 e. The summed E-state index contributed by atoms with van der Waals surface area (Å²) in [6.45, 7) is 2.28. The number of rotatable bonds is 5. The summed E-state index contributed by atoms with van der Waals surface area (Å²) in [4.78, 5) is 1.53. The first-order chi connectivity index (χ1) is 13.5. The van der Waals surface area contributed by atoms with Gasteiger partial charge in [0.15, 0.2) is 5.88 Å². The molecule has 4 nitrogen and oxygen atoms in total. The average Bonchev–Trinajstić information content (AvgIpc) is 2.95. The number of alkyl halides is 1. The normalized spacial score (nSPS) is 18.0.